The largest absolute Gasteiger partial charge is 0.368 e. The topological polar surface area (TPSA) is 66.6 Å². The molecule has 2 fully saturated rings. The summed E-state index contributed by atoms with van der Waals surface area (Å²) >= 11 is 0. The maximum atomic E-state index is 12.9. The van der Waals surface area contributed by atoms with E-state index in [4.69, 9.17) is 5.73 Å². The molecule has 5 nitrogen and oxygen atoms in total. The van der Waals surface area contributed by atoms with E-state index in [9.17, 15) is 14.0 Å². The Morgan fingerprint density at radius 3 is 2.40 bits per heavy atom. The van der Waals surface area contributed by atoms with Crippen molar-refractivity contribution in [2.24, 2.45) is 5.73 Å². The summed E-state index contributed by atoms with van der Waals surface area (Å²) in [6.45, 7) is 2.39. The zero-order chi connectivity index (χ0) is 17.8. The van der Waals surface area contributed by atoms with Crippen LogP contribution >= 0.6 is 0 Å². The van der Waals surface area contributed by atoms with Gasteiger partial charge in [-0.15, -0.1) is 0 Å². The van der Waals surface area contributed by atoms with Crippen molar-refractivity contribution in [2.45, 2.75) is 50.6 Å². The Labute approximate surface area is 148 Å². The van der Waals surface area contributed by atoms with Crippen LogP contribution in [-0.4, -0.2) is 53.3 Å². The van der Waals surface area contributed by atoms with Crippen LogP contribution in [0.2, 0.25) is 0 Å². The predicted octanol–water partition coefficient (Wildman–Crippen LogP) is 1.70. The van der Waals surface area contributed by atoms with Crippen molar-refractivity contribution >= 4 is 11.8 Å². The number of carbonyl (C=O) groups excluding carboxylic acids is 2. The average molecular weight is 347 g/mol. The SMILES string of the molecule is NC(=O)[C@@H]1CCCN1C1CCN(C(=O)CCc2ccc(F)cc2)CC1. The fourth-order valence-electron chi connectivity index (χ4n) is 4.04. The summed E-state index contributed by atoms with van der Waals surface area (Å²) in [5.74, 6) is -0.334. The van der Waals surface area contributed by atoms with E-state index in [0.29, 0.717) is 18.9 Å². The minimum Gasteiger partial charge on any atom is -0.368 e. The number of primary amides is 1. The Kier molecular flexibility index (Phi) is 5.68. The first-order chi connectivity index (χ1) is 12.0. The highest BCUT2D eigenvalue weighted by Gasteiger charge is 2.36. The lowest BCUT2D eigenvalue weighted by molar-refractivity contribution is -0.133. The molecule has 2 aliphatic rings. The normalized spacial score (nSPS) is 22.3. The van der Waals surface area contributed by atoms with Crippen LogP contribution in [0.25, 0.3) is 0 Å². The maximum absolute atomic E-state index is 12.9. The second-order valence-electron chi connectivity index (χ2n) is 7.04. The van der Waals surface area contributed by atoms with E-state index in [-0.39, 0.29) is 23.7 Å². The molecule has 0 bridgehead atoms. The van der Waals surface area contributed by atoms with Gasteiger partial charge in [0, 0.05) is 25.6 Å². The number of aryl methyl sites for hydroxylation is 1. The van der Waals surface area contributed by atoms with Crippen LogP contribution in [-0.2, 0) is 16.0 Å². The molecule has 0 radical (unpaired) electrons. The number of amides is 2. The number of rotatable bonds is 5. The molecule has 0 aromatic heterocycles. The van der Waals surface area contributed by atoms with Gasteiger partial charge in [-0.05, 0) is 56.3 Å². The van der Waals surface area contributed by atoms with E-state index < -0.39 is 0 Å². The molecule has 2 amide bonds. The van der Waals surface area contributed by atoms with E-state index in [2.05, 4.69) is 4.90 Å². The molecule has 1 atom stereocenters. The standard InChI is InChI=1S/C19H26FN3O2/c20-15-6-3-14(4-7-15)5-8-18(24)22-12-9-16(10-13-22)23-11-1-2-17(23)19(21)25/h3-4,6-7,16-17H,1-2,5,8-13H2,(H2,21,25)/t17-/m0/s1. The monoisotopic (exact) mass is 347 g/mol. The minimum absolute atomic E-state index is 0.134. The molecule has 1 aromatic rings. The molecule has 1 aromatic carbocycles. The number of benzene rings is 1. The summed E-state index contributed by atoms with van der Waals surface area (Å²) in [7, 11) is 0. The maximum Gasteiger partial charge on any atom is 0.234 e. The van der Waals surface area contributed by atoms with E-state index >= 15 is 0 Å². The number of carbonyl (C=O) groups is 2. The van der Waals surface area contributed by atoms with Gasteiger partial charge in [0.1, 0.15) is 5.82 Å². The molecule has 0 saturated carbocycles. The van der Waals surface area contributed by atoms with Gasteiger partial charge in [0.25, 0.3) is 0 Å². The van der Waals surface area contributed by atoms with Crippen LogP contribution in [0.4, 0.5) is 4.39 Å². The zero-order valence-corrected chi connectivity index (χ0v) is 14.5. The molecular weight excluding hydrogens is 321 g/mol. The van der Waals surface area contributed by atoms with Crippen molar-refractivity contribution in [1.29, 1.82) is 0 Å². The highest BCUT2D eigenvalue weighted by Crippen LogP contribution is 2.26. The first-order valence-corrected chi connectivity index (χ1v) is 9.12. The highest BCUT2D eigenvalue weighted by atomic mass is 19.1. The molecule has 3 rings (SSSR count). The summed E-state index contributed by atoms with van der Waals surface area (Å²) in [4.78, 5) is 28.1. The van der Waals surface area contributed by atoms with Crippen LogP contribution in [0, 0.1) is 5.82 Å². The molecular formula is C19H26FN3O2. The summed E-state index contributed by atoms with van der Waals surface area (Å²) < 4.78 is 12.9. The third kappa shape index (κ3) is 4.37. The van der Waals surface area contributed by atoms with Gasteiger partial charge in [-0.25, -0.2) is 4.39 Å². The smallest absolute Gasteiger partial charge is 0.234 e. The van der Waals surface area contributed by atoms with Crippen molar-refractivity contribution in [3.63, 3.8) is 0 Å². The fourth-order valence-corrected chi connectivity index (χ4v) is 4.04. The third-order valence-electron chi connectivity index (χ3n) is 5.45. The molecule has 2 saturated heterocycles. The molecule has 25 heavy (non-hydrogen) atoms. The van der Waals surface area contributed by atoms with Gasteiger partial charge >= 0.3 is 0 Å². The number of hydrogen-bond acceptors (Lipinski definition) is 3. The second kappa shape index (κ2) is 7.95. The number of halogens is 1. The Balaban J connectivity index is 1.46. The van der Waals surface area contributed by atoms with Crippen LogP contribution < -0.4 is 5.73 Å². The number of piperidine rings is 1. The second-order valence-corrected chi connectivity index (χ2v) is 7.04. The number of nitrogens with zero attached hydrogens (tertiary/aromatic N) is 2. The quantitative estimate of drug-likeness (QED) is 0.882. The highest BCUT2D eigenvalue weighted by molar-refractivity contribution is 5.80. The van der Waals surface area contributed by atoms with Crippen LogP contribution in [0.15, 0.2) is 24.3 Å². The van der Waals surface area contributed by atoms with Crippen molar-refractivity contribution < 1.29 is 14.0 Å². The lowest BCUT2D eigenvalue weighted by Gasteiger charge is -2.38. The summed E-state index contributed by atoms with van der Waals surface area (Å²) in [6.07, 6.45) is 4.74. The van der Waals surface area contributed by atoms with Crippen molar-refractivity contribution in [3.8, 4) is 0 Å². The number of nitrogens with two attached hydrogens (primary N) is 1. The van der Waals surface area contributed by atoms with E-state index in [1.165, 1.54) is 12.1 Å². The molecule has 136 valence electrons. The summed E-state index contributed by atoms with van der Waals surface area (Å²) in [5, 5.41) is 0. The Morgan fingerprint density at radius 2 is 1.76 bits per heavy atom. The van der Waals surface area contributed by atoms with E-state index in [0.717, 1.165) is 50.9 Å². The first-order valence-electron chi connectivity index (χ1n) is 9.12. The Morgan fingerprint density at radius 1 is 1.08 bits per heavy atom. The van der Waals surface area contributed by atoms with Crippen LogP contribution in [0.3, 0.4) is 0 Å². The molecule has 2 N–H and O–H groups in total. The van der Waals surface area contributed by atoms with Gasteiger partial charge in [-0.3, -0.25) is 14.5 Å². The third-order valence-corrected chi connectivity index (χ3v) is 5.45. The summed E-state index contributed by atoms with van der Waals surface area (Å²) in [5.41, 5.74) is 6.48. The van der Waals surface area contributed by atoms with E-state index in [1.807, 2.05) is 4.90 Å². The molecule has 2 heterocycles. The van der Waals surface area contributed by atoms with Gasteiger partial charge in [0.05, 0.1) is 6.04 Å². The fraction of sp³-hybridized carbons (Fsp3) is 0.579. The molecule has 0 unspecified atom stereocenters. The number of likely N-dealkylation sites (tertiary alicyclic amines) is 2. The molecule has 2 aliphatic heterocycles. The average Bonchev–Trinajstić information content (AvgIpc) is 3.11. The van der Waals surface area contributed by atoms with Gasteiger partial charge in [0.15, 0.2) is 0 Å². The van der Waals surface area contributed by atoms with Gasteiger partial charge in [0.2, 0.25) is 11.8 Å². The van der Waals surface area contributed by atoms with E-state index in [1.54, 1.807) is 12.1 Å². The van der Waals surface area contributed by atoms with Crippen LogP contribution in [0.1, 0.15) is 37.7 Å². The van der Waals surface area contributed by atoms with Crippen molar-refractivity contribution in [2.75, 3.05) is 19.6 Å². The van der Waals surface area contributed by atoms with Gasteiger partial charge in [-0.2, -0.15) is 0 Å². The minimum atomic E-state index is -0.256. The zero-order valence-electron chi connectivity index (χ0n) is 14.5. The molecule has 0 aliphatic carbocycles. The lowest BCUT2D eigenvalue weighted by Crippen LogP contribution is -2.51. The van der Waals surface area contributed by atoms with Crippen molar-refractivity contribution in [1.82, 2.24) is 9.80 Å². The number of hydrogen-bond donors (Lipinski definition) is 1. The lowest BCUT2D eigenvalue weighted by atomic mass is 10.0. The molecule has 0 spiro atoms. The Bertz CT molecular complexity index is 612. The van der Waals surface area contributed by atoms with Gasteiger partial charge < -0.3 is 10.6 Å². The summed E-state index contributed by atoms with van der Waals surface area (Å²) in [6, 6.07) is 6.53. The molecule has 6 heteroatoms. The van der Waals surface area contributed by atoms with Crippen molar-refractivity contribution in [3.05, 3.63) is 35.6 Å². The predicted molar refractivity (Wildman–Crippen MR) is 93.2 cm³/mol. The van der Waals surface area contributed by atoms with Crippen LogP contribution in [0.5, 0.6) is 0 Å². The Hall–Kier alpha value is -1.95. The first kappa shape index (κ1) is 17.9. The van der Waals surface area contributed by atoms with Gasteiger partial charge in [-0.1, -0.05) is 12.1 Å².